The maximum atomic E-state index is 11.3. The maximum absolute atomic E-state index is 11.3. The lowest BCUT2D eigenvalue weighted by Crippen LogP contribution is -2.15. The number of hydrogen-bond donors (Lipinski definition) is 0. The van der Waals surface area contributed by atoms with Crippen molar-refractivity contribution >= 4 is 5.97 Å². The molecule has 0 aromatic rings. The average molecular weight is 265 g/mol. The molecule has 0 bridgehead atoms. The van der Waals surface area contributed by atoms with E-state index in [0.717, 1.165) is 12.8 Å². The highest BCUT2D eigenvalue weighted by molar-refractivity contribution is 5.91. The van der Waals surface area contributed by atoms with Crippen molar-refractivity contribution in [3.05, 3.63) is 12.2 Å². The summed E-state index contributed by atoms with van der Waals surface area (Å²) in [6, 6.07) is 1.70. The topological polar surface area (TPSA) is 50.1 Å². The monoisotopic (exact) mass is 265 g/mol. The Morgan fingerprint density at radius 3 is 2.21 bits per heavy atom. The van der Waals surface area contributed by atoms with Gasteiger partial charge in [-0.15, -0.1) is 0 Å². The van der Waals surface area contributed by atoms with Crippen LogP contribution in [0.15, 0.2) is 12.2 Å². The molecule has 108 valence electrons. The van der Waals surface area contributed by atoms with Crippen LogP contribution in [0.4, 0.5) is 0 Å². The van der Waals surface area contributed by atoms with E-state index in [1.54, 1.807) is 6.07 Å². The van der Waals surface area contributed by atoms with Gasteiger partial charge in [0.05, 0.1) is 6.10 Å². The van der Waals surface area contributed by atoms with Crippen LogP contribution in [0.2, 0.25) is 0 Å². The predicted molar refractivity (Wildman–Crippen MR) is 77.5 cm³/mol. The van der Waals surface area contributed by atoms with Gasteiger partial charge < -0.3 is 4.74 Å². The van der Waals surface area contributed by atoms with Crippen molar-refractivity contribution in [2.45, 2.75) is 77.7 Å². The molecule has 0 aliphatic heterocycles. The van der Waals surface area contributed by atoms with E-state index >= 15 is 0 Å². The smallest absolute Gasteiger partial charge is 0.348 e. The minimum Gasteiger partial charge on any atom is -0.459 e. The van der Waals surface area contributed by atoms with Gasteiger partial charge in [-0.05, 0) is 19.8 Å². The molecule has 3 nitrogen and oxygen atoms in total. The van der Waals surface area contributed by atoms with Crippen molar-refractivity contribution in [3.8, 4) is 6.07 Å². The highest BCUT2D eigenvalue weighted by Crippen LogP contribution is 2.12. The van der Waals surface area contributed by atoms with Gasteiger partial charge in [-0.25, -0.2) is 4.79 Å². The standard InChI is InChI=1S/C16H27NO2/c1-4-5-6-7-8-9-10-11-12-15(3)19-16(18)14(2)13-17/h15H,2,4-12H2,1,3H3. The van der Waals surface area contributed by atoms with Gasteiger partial charge in [0.2, 0.25) is 0 Å². The van der Waals surface area contributed by atoms with E-state index in [9.17, 15) is 4.79 Å². The van der Waals surface area contributed by atoms with E-state index in [2.05, 4.69) is 13.5 Å². The fourth-order valence-corrected chi connectivity index (χ4v) is 1.92. The zero-order valence-electron chi connectivity index (χ0n) is 12.4. The summed E-state index contributed by atoms with van der Waals surface area (Å²) >= 11 is 0. The Morgan fingerprint density at radius 1 is 1.16 bits per heavy atom. The van der Waals surface area contributed by atoms with E-state index in [-0.39, 0.29) is 11.7 Å². The third-order valence-corrected chi connectivity index (χ3v) is 3.15. The van der Waals surface area contributed by atoms with Crippen LogP contribution in [0.1, 0.15) is 71.6 Å². The maximum Gasteiger partial charge on any atom is 0.348 e. The molecule has 1 atom stereocenters. The van der Waals surface area contributed by atoms with Gasteiger partial charge in [-0.2, -0.15) is 5.26 Å². The number of nitriles is 1. The molecule has 0 spiro atoms. The number of esters is 1. The zero-order valence-corrected chi connectivity index (χ0v) is 12.4. The van der Waals surface area contributed by atoms with Crippen LogP contribution in [-0.2, 0) is 9.53 Å². The van der Waals surface area contributed by atoms with Gasteiger partial charge in [0, 0.05) is 0 Å². The SMILES string of the molecule is C=C(C#N)C(=O)OC(C)CCCCCCCCCC. The molecule has 3 heteroatoms. The third-order valence-electron chi connectivity index (χ3n) is 3.15. The summed E-state index contributed by atoms with van der Waals surface area (Å²) in [6.07, 6.45) is 10.9. The molecule has 0 fully saturated rings. The van der Waals surface area contributed by atoms with Crippen LogP contribution in [0.25, 0.3) is 0 Å². The quantitative estimate of drug-likeness (QED) is 0.239. The summed E-state index contributed by atoms with van der Waals surface area (Å²) in [7, 11) is 0. The van der Waals surface area contributed by atoms with Crippen molar-refractivity contribution in [1.82, 2.24) is 0 Å². The van der Waals surface area contributed by atoms with Gasteiger partial charge in [0.25, 0.3) is 0 Å². The summed E-state index contributed by atoms with van der Waals surface area (Å²) in [4.78, 5) is 11.3. The minimum atomic E-state index is -0.588. The van der Waals surface area contributed by atoms with E-state index in [1.165, 1.54) is 44.9 Å². The van der Waals surface area contributed by atoms with Crippen LogP contribution in [0.3, 0.4) is 0 Å². The number of carbonyl (C=O) groups excluding carboxylic acids is 1. The second-order valence-corrected chi connectivity index (χ2v) is 5.07. The van der Waals surface area contributed by atoms with Gasteiger partial charge in [0.1, 0.15) is 11.6 Å². The number of unbranched alkanes of at least 4 members (excludes halogenated alkanes) is 7. The van der Waals surface area contributed by atoms with Gasteiger partial charge in [0.15, 0.2) is 0 Å². The number of rotatable bonds is 11. The van der Waals surface area contributed by atoms with E-state index in [4.69, 9.17) is 10.00 Å². The fraction of sp³-hybridized carbons (Fsp3) is 0.750. The van der Waals surface area contributed by atoms with Crippen molar-refractivity contribution in [2.24, 2.45) is 0 Å². The van der Waals surface area contributed by atoms with Crippen LogP contribution in [0.5, 0.6) is 0 Å². The summed E-state index contributed by atoms with van der Waals surface area (Å²) < 4.78 is 5.10. The second kappa shape index (κ2) is 11.8. The number of nitrogens with zero attached hydrogens (tertiary/aromatic N) is 1. The molecule has 0 saturated heterocycles. The molecular weight excluding hydrogens is 238 g/mol. The van der Waals surface area contributed by atoms with Gasteiger partial charge in [-0.3, -0.25) is 0 Å². The molecular formula is C16H27NO2. The Balaban J connectivity index is 3.44. The molecule has 0 saturated carbocycles. The zero-order chi connectivity index (χ0) is 14.5. The van der Waals surface area contributed by atoms with Gasteiger partial charge in [-0.1, -0.05) is 58.4 Å². The first-order valence-corrected chi connectivity index (χ1v) is 7.41. The molecule has 0 aromatic carbocycles. The van der Waals surface area contributed by atoms with Crippen LogP contribution in [0, 0.1) is 11.3 Å². The van der Waals surface area contributed by atoms with E-state index < -0.39 is 5.97 Å². The van der Waals surface area contributed by atoms with Crippen LogP contribution >= 0.6 is 0 Å². The summed E-state index contributed by atoms with van der Waals surface area (Å²) in [5, 5.41) is 8.50. The lowest BCUT2D eigenvalue weighted by molar-refractivity contribution is -0.143. The van der Waals surface area contributed by atoms with Crippen LogP contribution < -0.4 is 0 Å². The first-order valence-electron chi connectivity index (χ1n) is 7.41. The normalized spacial score (nSPS) is 11.6. The average Bonchev–Trinajstić information content (AvgIpc) is 2.40. The number of ether oxygens (including phenoxy) is 1. The second-order valence-electron chi connectivity index (χ2n) is 5.07. The number of carbonyl (C=O) groups is 1. The molecule has 0 amide bonds. The first-order chi connectivity index (χ1) is 9.11. The van der Waals surface area contributed by atoms with Crippen molar-refractivity contribution in [2.75, 3.05) is 0 Å². The van der Waals surface area contributed by atoms with Gasteiger partial charge >= 0.3 is 5.97 Å². The summed E-state index contributed by atoms with van der Waals surface area (Å²) in [5.41, 5.74) is -0.122. The van der Waals surface area contributed by atoms with Crippen molar-refractivity contribution < 1.29 is 9.53 Å². The molecule has 1 unspecified atom stereocenters. The Bertz CT molecular complexity index is 304. The largest absolute Gasteiger partial charge is 0.459 e. The van der Waals surface area contributed by atoms with E-state index in [1.807, 2.05) is 6.92 Å². The fourth-order valence-electron chi connectivity index (χ4n) is 1.92. The van der Waals surface area contributed by atoms with E-state index in [0.29, 0.717) is 0 Å². The minimum absolute atomic E-state index is 0.122. The molecule has 0 heterocycles. The summed E-state index contributed by atoms with van der Waals surface area (Å²) in [6.45, 7) is 7.43. The van der Waals surface area contributed by atoms with Crippen LogP contribution in [-0.4, -0.2) is 12.1 Å². The molecule has 0 radical (unpaired) electrons. The predicted octanol–water partition coefficient (Wildman–Crippen LogP) is 4.53. The molecule has 0 aliphatic rings. The molecule has 0 aromatic heterocycles. The lowest BCUT2D eigenvalue weighted by atomic mass is 10.1. The molecule has 0 rings (SSSR count). The third kappa shape index (κ3) is 10.3. The first kappa shape index (κ1) is 17.7. The number of hydrogen-bond acceptors (Lipinski definition) is 3. The molecule has 0 aliphatic carbocycles. The Morgan fingerprint density at radius 2 is 1.68 bits per heavy atom. The molecule has 19 heavy (non-hydrogen) atoms. The van der Waals surface area contributed by atoms with Crippen molar-refractivity contribution in [1.29, 1.82) is 5.26 Å². The van der Waals surface area contributed by atoms with Crippen molar-refractivity contribution in [3.63, 3.8) is 0 Å². The Hall–Kier alpha value is -1.30. The highest BCUT2D eigenvalue weighted by Gasteiger charge is 2.12. The highest BCUT2D eigenvalue weighted by atomic mass is 16.5. The molecule has 0 N–H and O–H groups in total. The summed E-state index contributed by atoms with van der Waals surface area (Å²) in [5.74, 6) is -0.588. The Kier molecular flexibility index (Phi) is 11.0. The Labute approximate surface area is 117 Å². The lowest BCUT2D eigenvalue weighted by Gasteiger charge is -2.12.